The Balaban J connectivity index is 1.38. The SMILES string of the molecule is Cc1c(-c2nc3sc(=C4C(=O)N(Cc5ccccc5Cl)c5ccccc54)c(=O)n3n2)oc2ccccc12. The molecule has 0 N–H and O–H groups in total. The van der Waals surface area contributed by atoms with Crippen LogP contribution in [0.1, 0.15) is 16.7 Å². The molecule has 0 fully saturated rings. The summed E-state index contributed by atoms with van der Waals surface area (Å²) >= 11 is 7.53. The molecule has 7 rings (SSSR count). The Hall–Kier alpha value is -4.27. The number of nitrogens with zero attached hydrogens (tertiary/aromatic N) is 4. The zero-order chi connectivity index (χ0) is 25.3. The highest BCUT2D eigenvalue weighted by Gasteiger charge is 2.34. The molecule has 9 heteroatoms. The van der Waals surface area contributed by atoms with Crippen LogP contribution in [0.2, 0.25) is 5.02 Å². The number of anilines is 1. The van der Waals surface area contributed by atoms with Gasteiger partial charge in [0.1, 0.15) is 10.1 Å². The number of carbonyl (C=O) groups excluding carboxylic acids is 1. The number of amides is 1. The monoisotopic (exact) mass is 524 g/mol. The Morgan fingerprint density at radius 3 is 2.54 bits per heavy atom. The Labute approximate surface area is 218 Å². The van der Waals surface area contributed by atoms with Crippen LogP contribution in [0.4, 0.5) is 5.69 Å². The third-order valence-corrected chi connectivity index (χ3v) is 8.04. The molecule has 1 aliphatic rings. The molecule has 0 unspecified atom stereocenters. The van der Waals surface area contributed by atoms with Gasteiger partial charge in [0.25, 0.3) is 11.5 Å². The van der Waals surface area contributed by atoms with E-state index in [1.165, 1.54) is 4.52 Å². The lowest BCUT2D eigenvalue weighted by Crippen LogP contribution is -2.32. The van der Waals surface area contributed by atoms with Crippen molar-refractivity contribution in [3.8, 4) is 11.6 Å². The van der Waals surface area contributed by atoms with Crippen molar-refractivity contribution in [2.24, 2.45) is 0 Å². The van der Waals surface area contributed by atoms with Crippen molar-refractivity contribution in [1.29, 1.82) is 0 Å². The number of furan rings is 1. The second-order valence-electron chi connectivity index (χ2n) is 8.79. The van der Waals surface area contributed by atoms with Gasteiger partial charge in [-0.15, -0.1) is 5.10 Å². The van der Waals surface area contributed by atoms with Crippen molar-refractivity contribution in [2.75, 3.05) is 4.90 Å². The molecule has 1 amide bonds. The van der Waals surface area contributed by atoms with Gasteiger partial charge < -0.3 is 9.32 Å². The molecule has 3 aromatic carbocycles. The van der Waals surface area contributed by atoms with Gasteiger partial charge in [0.05, 0.1) is 17.8 Å². The lowest BCUT2D eigenvalue weighted by Gasteiger charge is -2.17. The first kappa shape index (κ1) is 22.0. The number of fused-ring (bicyclic) bond motifs is 3. The second kappa shape index (κ2) is 8.12. The molecule has 0 saturated carbocycles. The lowest BCUT2D eigenvalue weighted by molar-refractivity contribution is -0.113. The fraction of sp³-hybridized carbons (Fsp3) is 0.0714. The quantitative estimate of drug-likeness (QED) is 0.326. The number of benzene rings is 3. The number of carbonyl (C=O) groups is 1. The highest BCUT2D eigenvalue weighted by atomic mass is 35.5. The van der Waals surface area contributed by atoms with E-state index >= 15 is 0 Å². The molecule has 0 bridgehead atoms. The number of rotatable bonds is 3. The molecular weight excluding hydrogens is 508 g/mol. The van der Waals surface area contributed by atoms with E-state index in [0.717, 1.165) is 39.1 Å². The van der Waals surface area contributed by atoms with Gasteiger partial charge in [-0.25, -0.2) is 0 Å². The Bertz CT molecular complexity index is 2010. The smallest absolute Gasteiger partial charge is 0.291 e. The van der Waals surface area contributed by atoms with Gasteiger partial charge in [0.15, 0.2) is 5.76 Å². The summed E-state index contributed by atoms with van der Waals surface area (Å²) in [6, 6.07) is 22.6. The molecule has 180 valence electrons. The van der Waals surface area contributed by atoms with Crippen molar-refractivity contribution < 1.29 is 9.21 Å². The van der Waals surface area contributed by atoms with E-state index in [1.54, 1.807) is 11.0 Å². The Morgan fingerprint density at radius 2 is 1.73 bits per heavy atom. The van der Waals surface area contributed by atoms with Crippen molar-refractivity contribution in [3.63, 3.8) is 0 Å². The molecule has 0 atom stereocenters. The summed E-state index contributed by atoms with van der Waals surface area (Å²) in [5.41, 5.74) is 3.87. The topological polar surface area (TPSA) is 80.7 Å². The minimum Gasteiger partial charge on any atom is -0.452 e. The van der Waals surface area contributed by atoms with Crippen molar-refractivity contribution in [3.05, 3.63) is 109 Å². The summed E-state index contributed by atoms with van der Waals surface area (Å²) < 4.78 is 7.54. The zero-order valence-corrected chi connectivity index (χ0v) is 21.0. The molecule has 0 spiro atoms. The fourth-order valence-electron chi connectivity index (χ4n) is 4.82. The minimum atomic E-state index is -0.384. The molecule has 1 aliphatic heterocycles. The van der Waals surface area contributed by atoms with Gasteiger partial charge >= 0.3 is 0 Å². The first-order valence-electron chi connectivity index (χ1n) is 11.6. The fourth-order valence-corrected chi connectivity index (χ4v) is 6.02. The normalized spacial score (nSPS) is 14.8. The maximum Gasteiger partial charge on any atom is 0.291 e. The highest BCUT2D eigenvalue weighted by Crippen LogP contribution is 2.37. The third kappa shape index (κ3) is 3.26. The standard InChI is InChI=1S/C28H17ClN4O3S/c1-15-17-9-4-7-13-21(17)36-23(15)25-30-28-33(31-25)27(35)24(37-28)22-18-10-3-6-12-20(18)32(26(22)34)14-16-8-2-5-11-19(16)29/h2-13H,14H2,1H3. The number of hydrogen-bond acceptors (Lipinski definition) is 6. The van der Waals surface area contributed by atoms with E-state index in [9.17, 15) is 9.59 Å². The summed E-state index contributed by atoms with van der Waals surface area (Å²) in [7, 11) is 0. The predicted molar refractivity (Wildman–Crippen MR) is 144 cm³/mol. The van der Waals surface area contributed by atoms with Crippen LogP contribution in [0, 0.1) is 6.92 Å². The predicted octanol–water partition coefficient (Wildman–Crippen LogP) is 4.99. The van der Waals surface area contributed by atoms with E-state index < -0.39 is 0 Å². The van der Waals surface area contributed by atoms with E-state index in [0.29, 0.717) is 43.8 Å². The van der Waals surface area contributed by atoms with Gasteiger partial charge in [-0.05, 0) is 30.7 Å². The lowest BCUT2D eigenvalue weighted by atomic mass is 10.1. The zero-order valence-electron chi connectivity index (χ0n) is 19.4. The summed E-state index contributed by atoms with van der Waals surface area (Å²) in [4.78, 5) is 33.9. The Morgan fingerprint density at radius 1 is 0.973 bits per heavy atom. The first-order chi connectivity index (χ1) is 18.0. The number of halogens is 1. The van der Waals surface area contributed by atoms with E-state index in [1.807, 2.05) is 73.7 Å². The molecule has 7 nitrogen and oxygen atoms in total. The van der Waals surface area contributed by atoms with Crippen LogP contribution in [-0.2, 0) is 11.3 Å². The summed E-state index contributed by atoms with van der Waals surface area (Å²) in [6.07, 6.45) is 0. The van der Waals surface area contributed by atoms with Crippen LogP contribution in [0.25, 0.3) is 33.1 Å². The molecule has 4 heterocycles. The van der Waals surface area contributed by atoms with Gasteiger partial charge in [0.2, 0.25) is 10.8 Å². The minimum absolute atomic E-state index is 0.254. The summed E-state index contributed by atoms with van der Waals surface area (Å²) in [6.45, 7) is 2.24. The third-order valence-electron chi connectivity index (χ3n) is 6.64. The van der Waals surface area contributed by atoms with Crippen molar-refractivity contribution >= 4 is 56.0 Å². The molecule has 6 aromatic rings. The molecule has 3 aromatic heterocycles. The maximum absolute atomic E-state index is 13.7. The Kier molecular flexibility index (Phi) is 4.82. The average molecular weight is 525 g/mol. The van der Waals surface area contributed by atoms with Crippen LogP contribution in [0.5, 0.6) is 0 Å². The van der Waals surface area contributed by atoms with Crippen LogP contribution < -0.4 is 15.0 Å². The van der Waals surface area contributed by atoms with Crippen LogP contribution in [0.3, 0.4) is 0 Å². The maximum atomic E-state index is 13.7. The molecule has 37 heavy (non-hydrogen) atoms. The van der Waals surface area contributed by atoms with Crippen LogP contribution in [0.15, 0.2) is 82.0 Å². The molecule has 0 aliphatic carbocycles. The van der Waals surface area contributed by atoms with Gasteiger partial charge in [0, 0.05) is 21.5 Å². The summed E-state index contributed by atoms with van der Waals surface area (Å²) in [5.74, 6) is 0.613. The number of para-hydroxylation sites is 2. The summed E-state index contributed by atoms with van der Waals surface area (Å²) in [5, 5.41) is 6.02. The van der Waals surface area contributed by atoms with E-state index in [-0.39, 0.29) is 11.5 Å². The van der Waals surface area contributed by atoms with Crippen LogP contribution in [-0.4, -0.2) is 20.5 Å². The highest BCUT2D eigenvalue weighted by molar-refractivity contribution is 7.15. The van der Waals surface area contributed by atoms with E-state index in [4.69, 9.17) is 16.0 Å². The van der Waals surface area contributed by atoms with Crippen LogP contribution >= 0.6 is 22.9 Å². The number of hydrogen-bond donors (Lipinski definition) is 0. The molecule has 0 saturated heterocycles. The second-order valence-corrected chi connectivity index (χ2v) is 10.2. The van der Waals surface area contributed by atoms with Crippen molar-refractivity contribution in [1.82, 2.24) is 14.6 Å². The van der Waals surface area contributed by atoms with Gasteiger partial charge in [-0.1, -0.05) is 77.5 Å². The number of thiazole rings is 1. The van der Waals surface area contributed by atoms with Gasteiger partial charge in [-0.3, -0.25) is 9.59 Å². The van der Waals surface area contributed by atoms with Crippen molar-refractivity contribution in [2.45, 2.75) is 13.5 Å². The number of aryl methyl sites for hydroxylation is 1. The van der Waals surface area contributed by atoms with Gasteiger partial charge in [-0.2, -0.15) is 9.50 Å². The largest absolute Gasteiger partial charge is 0.452 e. The molecule has 0 radical (unpaired) electrons. The number of aromatic nitrogens is 3. The average Bonchev–Trinajstić information content (AvgIpc) is 3.62. The first-order valence-corrected chi connectivity index (χ1v) is 12.8. The molecular formula is C28H17ClN4O3S. The van der Waals surface area contributed by atoms with E-state index in [2.05, 4.69) is 10.1 Å².